The summed E-state index contributed by atoms with van der Waals surface area (Å²) in [6, 6.07) is 0. The quantitative estimate of drug-likeness (QED) is 0.305. The molecule has 0 bridgehead atoms. The van der Waals surface area contributed by atoms with Crippen molar-refractivity contribution in [2.75, 3.05) is 0 Å². The van der Waals surface area contributed by atoms with Crippen LogP contribution in [0, 0.1) is 0 Å². The molecular weight excluding hydrogens is 227 g/mol. The second kappa shape index (κ2) is 10.9. The van der Waals surface area contributed by atoms with E-state index in [0.29, 0.717) is 0 Å². The molecule has 0 aromatic carbocycles. The molecule has 8 heavy (non-hydrogen) atoms. The number of hydrogen-bond donors (Lipinski definition) is 0. The topological polar surface area (TPSA) is 63.2 Å². The Hall–Kier alpha value is 3.94. The van der Waals surface area contributed by atoms with Crippen molar-refractivity contribution in [1.29, 1.82) is 0 Å². The standard InChI is InChI=1S/FH2O3P.2K.V/c1-5(2,3)4;;;/h(H2,2,3,4);;;/q;2*+1;+5/p-2. The van der Waals surface area contributed by atoms with Crippen molar-refractivity contribution in [2.45, 2.75) is 0 Å². The van der Waals surface area contributed by atoms with Crippen molar-refractivity contribution in [1.82, 2.24) is 0 Å². The minimum Gasteiger partial charge on any atom is -0.786 e. The molecule has 0 aliphatic carbocycles. The molecular formula is FK2O3PV+5. The van der Waals surface area contributed by atoms with Crippen LogP contribution in [-0.2, 0) is 23.1 Å². The van der Waals surface area contributed by atoms with Crippen LogP contribution in [0.4, 0.5) is 4.20 Å². The van der Waals surface area contributed by atoms with Crippen molar-refractivity contribution in [3.63, 3.8) is 0 Å². The smallest absolute Gasteiger partial charge is 0.786 e. The molecule has 0 saturated heterocycles. The van der Waals surface area contributed by atoms with Crippen LogP contribution in [0.25, 0.3) is 0 Å². The predicted molar refractivity (Wildman–Crippen MR) is 8.71 cm³/mol. The third-order valence-electron chi connectivity index (χ3n) is 0. The molecule has 0 aromatic heterocycles. The molecule has 0 spiro atoms. The van der Waals surface area contributed by atoms with Gasteiger partial charge in [-0.1, -0.05) is 0 Å². The Balaban J connectivity index is -0.0000000267. The van der Waals surface area contributed by atoms with Gasteiger partial charge in [0.15, 0.2) is 0 Å². The van der Waals surface area contributed by atoms with E-state index in [9.17, 15) is 4.20 Å². The van der Waals surface area contributed by atoms with Crippen molar-refractivity contribution in [2.24, 2.45) is 0 Å². The molecule has 0 saturated carbocycles. The maximum Gasteiger partial charge on any atom is 5.00 e. The van der Waals surface area contributed by atoms with Gasteiger partial charge in [-0.05, 0) is 0 Å². The van der Waals surface area contributed by atoms with Gasteiger partial charge in [0.2, 0.25) is 0 Å². The van der Waals surface area contributed by atoms with Crippen LogP contribution in [0.15, 0.2) is 0 Å². The molecule has 0 heterocycles. The molecule has 0 radical (unpaired) electrons. The van der Waals surface area contributed by atoms with E-state index in [4.69, 9.17) is 14.4 Å². The van der Waals surface area contributed by atoms with Crippen molar-refractivity contribution < 1.29 is 140 Å². The van der Waals surface area contributed by atoms with Crippen LogP contribution in [-0.4, -0.2) is 0 Å². The first-order valence-corrected chi connectivity index (χ1v) is 2.15. The monoisotopic (exact) mass is 227 g/mol. The molecule has 3 nitrogen and oxygen atoms in total. The average Bonchev–Trinajstić information content (AvgIpc) is 0.722. The van der Waals surface area contributed by atoms with E-state index in [1.54, 1.807) is 0 Å². The summed E-state index contributed by atoms with van der Waals surface area (Å²) in [6.45, 7) is 0. The fourth-order valence-corrected chi connectivity index (χ4v) is 0. The Labute approximate surface area is 144 Å². The maximum absolute atomic E-state index is 10.1. The summed E-state index contributed by atoms with van der Waals surface area (Å²) in [6.07, 6.45) is 0. The molecule has 0 aliphatic heterocycles. The molecule has 0 atom stereocenters. The Morgan fingerprint density at radius 1 is 1.25 bits per heavy atom. The van der Waals surface area contributed by atoms with E-state index in [0.717, 1.165) is 0 Å². The molecule has 32 valence electrons. The fourth-order valence-electron chi connectivity index (χ4n) is 0. The van der Waals surface area contributed by atoms with Gasteiger partial charge in [0, 0.05) is 0 Å². The first-order valence-electron chi connectivity index (χ1n) is 0.717. The largest absolute Gasteiger partial charge is 5.00 e. The zero-order valence-electron chi connectivity index (χ0n) is 4.50. The van der Waals surface area contributed by atoms with Crippen LogP contribution in [0.1, 0.15) is 0 Å². The number of rotatable bonds is 0. The van der Waals surface area contributed by atoms with E-state index in [-0.39, 0.29) is 121 Å². The molecule has 0 amide bonds. The minimum atomic E-state index is -5.64. The Morgan fingerprint density at radius 3 is 1.25 bits per heavy atom. The molecule has 0 aliphatic rings. The molecule has 0 aromatic rings. The van der Waals surface area contributed by atoms with Crippen LogP contribution < -0.4 is 113 Å². The third kappa shape index (κ3) is 51.2. The summed E-state index contributed by atoms with van der Waals surface area (Å²) in [5, 5.41) is 0. The molecule has 8 heteroatoms. The Kier molecular flexibility index (Phi) is 31.0. The zero-order chi connectivity index (χ0) is 4.50. The van der Waals surface area contributed by atoms with Gasteiger partial charge in [0.05, 0.1) is 0 Å². The first kappa shape index (κ1) is 22.7. The normalized spacial score (nSPS) is 7.38. The van der Waals surface area contributed by atoms with E-state index < -0.39 is 7.91 Å². The van der Waals surface area contributed by atoms with Gasteiger partial charge < -0.3 is 14.4 Å². The summed E-state index contributed by atoms with van der Waals surface area (Å²) in [5.41, 5.74) is 0. The van der Waals surface area contributed by atoms with E-state index >= 15 is 0 Å². The van der Waals surface area contributed by atoms with Crippen molar-refractivity contribution >= 4 is 7.91 Å². The van der Waals surface area contributed by atoms with Crippen LogP contribution in [0.5, 0.6) is 0 Å². The SMILES string of the molecule is O=P([O-])([O-])F.[K+].[K+].[V+5]. The first-order chi connectivity index (χ1) is 2.00. The maximum atomic E-state index is 10.1. The molecule has 0 N–H and O–H groups in total. The van der Waals surface area contributed by atoms with Crippen LogP contribution >= 0.6 is 7.91 Å². The van der Waals surface area contributed by atoms with Gasteiger partial charge in [-0.25, -0.2) is 4.20 Å². The van der Waals surface area contributed by atoms with Crippen molar-refractivity contribution in [3.8, 4) is 0 Å². The van der Waals surface area contributed by atoms with E-state index in [1.165, 1.54) is 0 Å². The number of halogens is 1. The van der Waals surface area contributed by atoms with Gasteiger partial charge in [-0.2, -0.15) is 0 Å². The summed E-state index contributed by atoms with van der Waals surface area (Å²) < 4.78 is 18.6. The van der Waals surface area contributed by atoms with Crippen molar-refractivity contribution in [3.05, 3.63) is 0 Å². The molecule has 0 fully saturated rings. The van der Waals surface area contributed by atoms with Gasteiger partial charge in [-0.3, -0.25) is 0 Å². The van der Waals surface area contributed by atoms with Gasteiger partial charge in [-0.15, -0.1) is 0 Å². The summed E-state index contributed by atoms with van der Waals surface area (Å²) in [7, 11) is -5.64. The Morgan fingerprint density at radius 2 is 1.25 bits per heavy atom. The minimum absolute atomic E-state index is 0. The molecule has 0 unspecified atom stereocenters. The third-order valence-corrected chi connectivity index (χ3v) is 0. The zero-order valence-corrected chi connectivity index (χ0v) is 13.0. The van der Waals surface area contributed by atoms with E-state index in [1.807, 2.05) is 0 Å². The second-order valence-corrected chi connectivity index (χ2v) is 1.29. The number of hydrogen-bond acceptors (Lipinski definition) is 3. The average molecular weight is 227 g/mol. The van der Waals surface area contributed by atoms with Gasteiger partial charge in [0.1, 0.15) is 7.91 Å². The fraction of sp³-hybridized carbons (Fsp3) is 0. The summed E-state index contributed by atoms with van der Waals surface area (Å²) in [4.78, 5) is 16.9. The van der Waals surface area contributed by atoms with Crippen LogP contribution in [0.2, 0.25) is 0 Å². The predicted octanol–water partition coefficient (Wildman–Crippen LogP) is -7.21. The van der Waals surface area contributed by atoms with Gasteiger partial charge >= 0.3 is 121 Å². The summed E-state index contributed by atoms with van der Waals surface area (Å²) in [5.74, 6) is 0. The van der Waals surface area contributed by atoms with E-state index in [2.05, 4.69) is 0 Å². The summed E-state index contributed by atoms with van der Waals surface area (Å²) >= 11 is 0. The Bertz CT molecular complexity index is 63.4. The second-order valence-electron chi connectivity index (χ2n) is 0.431. The molecule has 0 rings (SSSR count). The van der Waals surface area contributed by atoms with Crippen LogP contribution in [0.3, 0.4) is 0 Å². The van der Waals surface area contributed by atoms with Gasteiger partial charge in [0.25, 0.3) is 0 Å².